The highest BCUT2D eigenvalue weighted by Crippen LogP contribution is 2.36. The Morgan fingerprint density at radius 2 is 1.55 bits per heavy atom. The third kappa shape index (κ3) is 5.99. The molecule has 1 saturated heterocycles. The Kier molecular flexibility index (Phi) is 7.94. The summed E-state index contributed by atoms with van der Waals surface area (Å²) in [6.07, 6.45) is 6.14. The van der Waals surface area contributed by atoms with E-state index >= 15 is 0 Å². The molecular formula is C27H34O4. The van der Waals surface area contributed by atoms with Crippen molar-refractivity contribution < 1.29 is 19.3 Å². The largest absolute Gasteiger partial charge is 0.493 e. The van der Waals surface area contributed by atoms with Gasteiger partial charge in [-0.2, -0.15) is 0 Å². The second-order valence-corrected chi connectivity index (χ2v) is 8.45. The van der Waals surface area contributed by atoms with Gasteiger partial charge in [-0.05, 0) is 47.2 Å². The number of aliphatic hydroxyl groups excluding tert-OH is 1. The predicted octanol–water partition coefficient (Wildman–Crippen LogP) is 5.01. The van der Waals surface area contributed by atoms with Crippen LogP contribution in [0.4, 0.5) is 0 Å². The quantitative estimate of drug-likeness (QED) is 0.280. The van der Waals surface area contributed by atoms with E-state index in [2.05, 4.69) is 57.3 Å². The molecule has 2 aromatic carbocycles. The van der Waals surface area contributed by atoms with Crippen LogP contribution in [0.3, 0.4) is 0 Å². The van der Waals surface area contributed by atoms with Gasteiger partial charge in [0.25, 0.3) is 0 Å². The van der Waals surface area contributed by atoms with Crippen LogP contribution in [0.25, 0.3) is 0 Å². The molecule has 1 heterocycles. The number of hydrogen-bond acceptors (Lipinski definition) is 4. The highest BCUT2D eigenvalue weighted by Gasteiger charge is 2.26. The number of benzene rings is 2. The standard InChI is InChI=1S/C27H34O4/c1-5-8-20-16-22(10-12-25(20)29-15-7-14-28)27(3,4)23-11-13-26(21(17-23)9-6-2)31-19-24-18-30-24/h5-6,10-13,16-17,24,28H,1-2,7-9,14-15,18-19H2,3-4H3. The summed E-state index contributed by atoms with van der Waals surface area (Å²) in [6.45, 7) is 14.3. The fourth-order valence-corrected chi connectivity index (χ4v) is 3.61. The maximum atomic E-state index is 9.02. The van der Waals surface area contributed by atoms with E-state index in [-0.39, 0.29) is 18.1 Å². The van der Waals surface area contributed by atoms with Gasteiger partial charge in [0, 0.05) is 18.4 Å². The van der Waals surface area contributed by atoms with Crippen molar-refractivity contribution in [2.45, 2.75) is 44.6 Å². The molecule has 0 bridgehead atoms. The molecule has 4 nitrogen and oxygen atoms in total. The van der Waals surface area contributed by atoms with Crippen molar-refractivity contribution in [2.24, 2.45) is 0 Å². The van der Waals surface area contributed by atoms with Gasteiger partial charge >= 0.3 is 0 Å². The van der Waals surface area contributed by atoms with Gasteiger partial charge in [-0.3, -0.25) is 0 Å². The van der Waals surface area contributed by atoms with Gasteiger partial charge < -0.3 is 19.3 Å². The molecule has 0 spiro atoms. The van der Waals surface area contributed by atoms with E-state index in [4.69, 9.17) is 19.3 Å². The number of epoxide rings is 1. The topological polar surface area (TPSA) is 51.2 Å². The molecule has 0 radical (unpaired) electrons. The number of aliphatic hydroxyl groups is 1. The zero-order valence-corrected chi connectivity index (χ0v) is 18.7. The lowest BCUT2D eigenvalue weighted by atomic mass is 9.77. The van der Waals surface area contributed by atoms with E-state index in [1.165, 1.54) is 11.1 Å². The van der Waals surface area contributed by atoms with Gasteiger partial charge in [0.1, 0.15) is 24.2 Å². The van der Waals surface area contributed by atoms with E-state index in [9.17, 15) is 0 Å². The molecule has 0 aliphatic carbocycles. The van der Waals surface area contributed by atoms with Crippen LogP contribution in [0, 0.1) is 0 Å². The second kappa shape index (κ2) is 10.7. The van der Waals surface area contributed by atoms with E-state index in [0.29, 0.717) is 19.6 Å². The first kappa shape index (κ1) is 23.1. The highest BCUT2D eigenvalue weighted by atomic mass is 16.6. The SMILES string of the molecule is C=CCc1cc(C(C)(C)c2ccc(OCC3CO3)c(CC=C)c2)ccc1OCCCO. The molecule has 31 heavy (non-hydrogen) atoms. The molecule has 0 amide bonds. The lowest BCUT2D eigenvalue weighted by Gasteiger charge is -2.28. The molecule has 4 heteroatoms. The van der Waals surface area contributed by atoms with Gasteiger partial charge in [0.05, 0.1) is 13.2 Å². The first-order chi connectivity index (χ1) is 15.0. The summed E-state index contributed by atoms with van der Waals surface area (Å²) < 4.78 is 17.1. The predicted molar refractivity (Wildman–Crippen MR) is 125 cm³/mol. The lowest BCUT2D eigenvalue weighted by Crippen LogP contribution is -2.20. The molecule has 0 saturated carbocycles. The minimum atomic E-state index is -0.201. The molecule has 0 aromatic heterocycles. The van der Waals surface area contributed by atoms with Gasteiger partial charge in [0.15, 0.2) is 0 Å². The van der Waals surface area contributed by atoms with Crippen LogP contribution in [-0.4, -0.2) is 37.6 Å². The Bertz CT molecular complexity index is 896. The summed E-state index contributed by atoms with van der Waals surface area (Å²) in [5, 5.41) is 9.02. The summed E-state index contributed by atoms with van der Waals surface area (Å²) in [5.74, 6) is 1.75. The monoisotopic (exact) mass is 422 g/mol. The Labute approximate surface area is 186 Å². The average Bonchev–Trinajstić information content (AvgIpc) is 3.59. The molecular weight excluding hydrogens is 388 g/mol. The van der Waals surface area contributed by atoms with Crippen molar-refractivity contribution in [2.75, 3.05) is 26.4 Å². The molecule has 3 rings (SSSR count). The molecule has 1 aliphatic heterocycles. The second-order valence-electron chi connectivity index (χ2n) is 8.45. The maximum absolute atomic E-state index is 9.02. The van der Waals surface area contributed by atoms with Crippen molar-refractivity contribution in [3.05, 3.63) is 84.0 Å². The number of rotatable bonds is 13. The van der Waals surface area contributed by atoms with Crippen LogP contribution < -0.4 is 9.47 Å². The normalized spacial score (nSPS) is 15.4. The summed E-state index contributed by atoms with van der Waals surface area (Å²) in [7, 11) is 0. The van der Waals surface area contributed by atoms with Crippen LogP contribution in [0.2, 0.25) is 0 Å². The minimum Gasteiger partial charge on any atom is -0.493 e. The first-order valence-corrected chi connectivity index (χ1v) is 11.0. The molecule has 1 N–H and O–H groups in total. The lowest BCUT2D eigenvalue weighted by molar-refractivity contribution is 0.232. The third-order valence-corrected chi connectivity index (χ3v) is 5.68. The van der Waals surface area contributed by atoms with Crippen LogP contribution in [0.1, 0.15) is 42.5 Å². The van der Waals surface area contributed by atoms with E-state index in [1.807, 2.05) is 18.2 Å². The summed E-state index contributed by atoms with van der Waals surface area (Å²) in [5.41, 5.74) is 4.47. The first-order valence-electron chi connectivity index (χ1n) is 11.0. The van der Waals surface area contributed by atoms with E-state index < -0.39 is 0 Å². The molecule has 166 valence electrons. The fraction of sp³-hybridized carbons (Fsp3) is 0.407. The van der Waals surface area contributed by atoms with Gasteiger partial charge in [-0.15, -0.1) is 13.2 Å². The van der Waals surface area contributed by atoms with Crippen molar-refractivity contribution in [1.82, 2.24) is 0 Å². The van der Waals surface area contributed by atoms with Crippen molar-refractivity contribution in [3.63, 3.8) is 0 Å². The Morgan fingerprint density at radius 1 is 1.00 bits per heavy atom. The number of allylic oxidation sites excluding steroid dienone is 2. The third-order valence-electron chi connectivity index (χ3n) is 5.68. The zero-order valence-electron chi connectivity index (χ0n) is 18.7. The number of hydrogen-bond donors (Lipinski definition) is 1. The average molecular weight is 423 g/mol. The maximum Gasteiger partial charge on any atom is 0.122 e. The fourth-order valence-electron chi connectivity index (χ4n) is 3.61. The van der Waals surface area contributed by atoms with Crippen molar-refractivity contribution >= 4 is 0 Å². The molecule has 1 unspecified atom stereocenters. The van der Waals surface area contributed by atoms with Gasteiger partial charge in [0.2, 0.25) is 0 Å². The summed E-state index contributed by atoms with van der Waals surface area (Å²) >= 11 is 0. The Hall–Kier alpha value is -2.56. The Balaban J connectivity index is 1.88. The van der Waals surface area contributed by atoms with Gasteiger partial charge in [-0.1, -0.05) is 50.3 Å². The molecule has 1 aliphatic rings. The highest BCUT2D eigenvalue weighted by molar-refractivity contribution is 5.48. The molecule has 1 fully saturated rings. The smallest absolute Gasteiger partial charge is 0.122 e. The van der Waals surface area contributed by atoms with E-state index in [1.54, 1.807) is 0 Å². The van der Waals surface area contributed by atoms with Crippen molar-refractivity contribution in [1.29, 1.82) is 0 Å². The van der Waals surface area contributed by atoms with Crippen molar-refractivity contribution in [3.8, 4) is 11.5 Å². The van der Waals surface area contributed by atoms with Crippen LogP contribution >= 0.6 is 0 Å². The molecule has 1 atom stereocenters. The van der Waals surface area contributed by atoms with Crippen LogP contribution in [-0.2, 0) is 23.0 Å². The summed E-state index contributed by atoms with van der Waals surface area (Å²) in [4.78, 5) is 0. The van der Waals surface area contributed by atoms with E-state index in [0.717, 1.165) is 42.1 Å². The number of ether oxygens (including phenoxy) is 3. The van der Waals surface area contributed by atoms with Crippen LogP contribution in [0.5, 0.6) is 11.5 Å². The zero-order chi connectivity index (χ0) is 22.3. The molecule has 2 aromatic rings. The van der Waals surface area contributed by atoms with Crippen LogP contribution in [0.15, 0.2) is 61.7 Å². The Morgan fingerprint density at radius 3 is 2.03 bits per heavy atom. The summed E-state index contributed by atoms with van der Waals surface area (Å²) in [6, 6.07) is 12.8. The minimum absolute atomic E-state index is 0.127. The van der Waals surface area contributed by atoms with Gasteiger partial charge in [-0.25, -0.2) is 0 Å².